The van der Waals surface area contributed by atoms with E-state index in [1.165, 1.54) is 27.1 Å². The Kier molecular flexibility index (Phi) is 5.64. The zero-order chi connectivity index (χ0) is 13.5. The highest BCUT2D eigenvalue weighted by Gasteiger charge is 2.08. The second-order valence-corrected chi connectivity index (χ2v) is 4.21. The van der Waals surface area contributed by atoms with Gasteiger partial charge in [-0.05, 0) is 46.4 Å². The van der Waals surface area contributed by atoms with Gasteiger partial charge < -0.3 is 0 Å². The molecule has 0 N–H and O–H groups in total. The molecule has 1 aliphatic carbocycles. The van der Waals surface area contributed by atoms with Crippen LogP contribution in [0.5, 0.6) is 0 Å². The van der Waals surface area contributed by atoms with Gasteiger partial charge in [0.15, 0.2) is 0 Å². The first-order valence-corrected chi connectivity index (χ1v) is 6.88. The van der Waals surface area contributed by atoms with Crippen LogP contribution in [0.2, 0.25) is 0 Å². The maximum atomic E-state index is 4.12. The van der Waals surface area contributed by atoms with E-state index >= 15 is 0 Å². The van der Waals surface area contributed by atoms with Gasteiger partial charge in [0.25, 0.3) is 0 Å². The van der Waals surface area contributed by atoms with E-state index < -0.39 is 0 Å². The molecule has 1 aliphatic rings. The second-order valence-electron chi connectivity index (χ2n) is 4.21. The van der Waals surface area contributed by atoms with Crippen LogP contribution in [0, 0.1) is 0 Å². The zero-order valence-electron chi connectivity index (χ0n) is 11.9. The molecule has 18 heavy (non-hydrogen) atoms. The van der Waals surface area contributed by atoms with Gasteiger partial charge in [-0.1, -0.05) is 57.7 Å². The summed E-state index contributed by atoms with van der Waals surface area (Å²) in [4.78, 5) is 0. The van der Waals surface area contributed by atoms with Crippen LogP contribution in [0.25, 0.3) is 12.2 Å². The van der Waals surface area contributed by atoms with Crippen LogP contribution in [0.15, 0.2) is 36.9 Å². The Balaban J connectivity index is 0.000000771. The van der Waals surface area contributed by atoms with Gasteiger partial charge in [0.2, 0.25) is 0 Å². The summed E-state index contributed by atoms with van der Waals surface area (Å²) in [5.41, 5.74) is 4.27. The number of allylic oxidation sites excluding steroid dienone is 3. The van der Waals surface area contributed by atoms with Gasteiger partial charge in [-0.25, -0.2) is 0 Å². The lowest BCUT2D eigenvalue weighted by Gasteiger charge is -2.14. The lowest BCUT2D eigenvalue weighted by molar-refractivity contribution is 1.04. The number of hydrogen-bond acceptors (Lipinski definition) is 0. The number of rotatable bonds is 3. The Bertz CT molecular complexity index is 544. The molecule has 0 bridgehead atoms. The molecule has 0 unspecified atom stereocenters. The minimum Gasteiger partial charge on any atom is -0.103 e. The molecule has 0 heterocycles. The maximum absolute atomic E-state index is 4.12. The molecule has 0 spiro atoms. The normalized spacial score (nSPS) is 12.5. The first-order chi connectivity index (χ1) is 8.77. The summed E-state index contributed by atoms with van der Waals surface area (Å²) >= 11 is 0. The number of fused-ring (bicyclic) bond motifs is 1. The van der Waals surface area contributed by atoms with Gasteiger partial charge in [-0.15, -0.1) is 6.58 Å². The molecular formula is C18H24. The van der Waals surface area contributed by atoms with Gasteiger partial charge in [-0.2, -0.15) is 0 Å². The summed E-state index contributed by atoms with van der Waals surface area (Å²) in [6.45, 7) is 14.1. The summed E-state index contributed by atoms with van der Waals surface area (Å²) in [6, 6.07) is 4.35. The van der Waals surface area contributed by atoms with Crippen LogP contribution in [0.4, 0.5) is 0 Å². The molecule has 0 heteroatoms. The highest BCUT2D eigenvalue weighted by Crippen LogP contribution is 2.13. The maximum Gasteiger partial charge on any atom is -0.00852 e. The third kappa shape index (κ3) is 2.81. The number of benzene rings is 1. The van der Waals surface area contributed by atoms with Crippen molar-refractivity contribution >= 4 is 12.2 Å². The van der Waals surface area contributed by atoms with Crippen LogP contribution in [-0.2, 0) is 12.8 Å². The second kappa shape index (κ2) is 7.00. The molecule has 0 aliphatic heterocycles. The minimum absolute atomic E-state index is 0.948. The average molecular weight is 240 g/mol. The molecule has 0 fully saturated rings. The molecule has 0 atom stereocenters. The van der Waals surface area contributed by atoms with E-state index in [1.54, 1.807) is 0 Å². The lowest BCUT2D eigenvalue weighted by atomic mass is 9.91. The standard InChI is InChI=1S/C16H18.C2H6/c1-4-7-13-8-6-9-16-14(5-2)12(3)10-11-15(13)16;1-2/h4,6,8,10-11H,1,3,5,7,9H2,2H3;1-2H3. The van der Waals surface area contributed by atoms with Gasteiger partial charge in [-0.3, -0.25) is 0 Å². The fourth-order valence-corrected chi connectivity index (χ4v) is 2.46. The van der Waals surface area contributed by atoms with Crippen molar-refractivity contribution in [3.05, 3.63) is 58.5 Å². The van der Waals surface area contributed by atoms with Gasteiger partial charge in [0.05, 0.1) is 0 Å². The van der Waals surface area contributed by atoms with E-state index in [1.807, 2.05) is 19.9 Å². The largest absolute Gasteiger partial charge is 0.103 e. The van der Waals surface area contributed by atoms with Crippen LogP contribution >= 0.6 is 0 Å². The predicted octanol–water partition coefficient (Wildman–Crippen LogP) is 3.52. The fourth-order valence-electron chi connectivity index (χ4n) is 2.46. The molecule has 0 saturated heterocycles. The number of hydrogen-bond donors (Lipinski definition) is 0. The molecule has 2 rings (SSSR count). The van der Waals surface area contributed by atoms with Crippen molar-refractivity contribution in [1.82, 2.24) is 0 Å². The Morgan fingerprint density at radius 2 is 2.00 bits per heavy atom. The summed E-state index contributed by atoms with van der Waals surface area (Å²) in [7, 11) is 0. The molecule has 0 radical (unpaired) electrons. The van der Waals surface area contributed by atoms with Crippen molar-refractivity contribution in [2.75, 3.05) is 0 Å². The molecule has 0 amide bonds. The Labute approximate surface area is 111 Å². The van der Waals surface area contributed by atoms with E-state index in [0.29, 0.717) is 0 Å². The van der Waals surface area contributed by atoms with Crippen molar-refractivity contribution < 1.29 is 0 Å². The van der Waals surface area contributed by atoms with E-state index in [2.05, 4.69) is 44.4 Å². The van der Waals surface area contributed by atoms with Crippen LogP contribution in [0.3, 0.4) is 0 Å². The Morgan fingerprint density at radius 1 is 1.28 bits per heavy atom. The molecule has 1 aromatic carbocycles. The zero-order valence-corrected chi connectivity index (χ0v) is 11.9. The van der Waals surface area contributed by atoms with Crippen LogP contribution in [0.1, 0.15) is 38.3 Å². The third-order valence-corrected chi connectivity index (χ3v) is 3.23. The quantitative estimate of drug-likeness (QED) is 0.709. The molecule has 1 aromatic rings. The molecule has 0 saturated carbocycles. The first-order valence-electron chi connectivity index (χ1n) is 6.88. The lowest BCUT2D eigenvalue weighted by Crippen LogP contribution is -2.23. The monoisotopic (exact) mass is 240 g/mol. The predicted molar refractivity (Wildman–Crippen MR) is 83.0 cm³/mol. The summed E-state index contributed by atoms with van der Waals surface area (Å²) < 4.78 is 0. The van der Waals surface area contributed by atoms with Gasteiger partial charge in [0, 0.05) is 0 Å². The van der Waals surface area contributed by atoms with E-state index in [9.17, 15) is 0 Å². The van der Waals surface area contributed by atoms with Crippen molar-refractivity contribution in [1.29, 1.82) is 0 Å². The van der Waals surface area contributed by atoms with E-state index in [4.69, 9.17) is 0 Å². The molecular weight excluding hydrogens is 216 g/mol. The fraction of sp³-hybridized carbons (Fsp3) is 0.333. The topological polar surface area (TPSA) is 0 Å². The van der Waals surface area contributed by atoms with Gasteiger partial charge in [0.1, 0.15) is 0 Å². The Morgan fingerprint density at radius 3 is 2.61 bits per heavy atom. The summed E-state index contributed by atoms with van der Waals surface area (Å²) in [5, 5.41) is 2.57. The van der Waals surface area contributed by atoms with Gasteiger partial charge >= 0.3 is 0 Å². The van der Waals surface area contributed by atoms with Crippen molar-refractivity contribution in [3.8, 4) is 0 Å². The molecule has 0 nitrogen and oxygen atoms in total. The molecule has 0 aromatic heterocycles. The summed E-state index contributed by atoms with van der Waals surface area (Å²) in [5.74, 6) is 0. The van der Waals surface area contributed by atoms with Crippen molar-refractivity contribution in [3.63, 3.8) is 0 Å². The van der Waals surface area contributed by atoms with Crippen LogP contribution < -0.4 is 10.4 Å². The third-order valence-electron chi connectivity index (χ3n) is 3.23. The van der Waals surface area contributed by atoms with Crippen LogP contribution in [-0.4, -0.2) is 0 Å². The minimum atomic E-state index is 0.948. The average Bonchev–Trinajstić information content (AvgIpc) is 2.41. The van der Waals surface area contributed by atoms with Crippen molar-refractivity contribution in [2.45, 2.75) is 40.0 Å². The SMILES string of the molecule is C=CCC1=c2ccc(=C)c(CC)c2CC=C1.CC. The summed E-state index contributed by atoms with van der Waals surface area (Å²) in [6.07, 6.45) is 9.51. The Hall–Kier alpha value is -1.56. The van der Waals surface area contributed by atoms with E-state index in [-0.39, 0.29) is 0 Å². The highest BCUT2D eigenvalue weighted by atomic mass is 14.1. The highest BCUT2D eigenvalue weighted by molar-refractivity contribution is 5.62. The van der Waals surface area contributed by atoms with E-state index in [0.717, 1.165) is 19.3 Å². The van der Waals surface area contributed by atoms with Crippen molar-refractivity contribution in [2.24, 2.45) is 0 Å². The first kappa shape index (κ1) is 14.5. The smallest absolute Gasteiger partial charge is 0.00852 e. The molecule has 96 valence electrons.